The molecule has 0 aromatic rings. The summed E-state index contributed by atoms with van der Waals surface area (Å²) in [7, 11) is 0. The lowest BCUT2D eigenvalue weighted by atomic mass is 9.83. The van der Waals surface area contributed by atoms with Gasteiger partial charge in [0, 0.05) is 12.6 Å². The Labute approximate surface area is 105 Å². The minimum Gasteiger partial charge on any atom is -0.356 e. The molecule has 2 atom stereocenters. The zero-order valence-electron chi connectivity index (χ0n) is 11.2. The Bertz CT molecular complexity index is 259. The van der Waals surface area contributed by atoms with Gasteiger partial charge in [0.2, 0.25) is 5.91 Å². The average Bonchev–Trinajstić information content (AvgIpc) is 2.74. The van der Waals surface area contributed by atoms with Gasteiger partial charge >= 0.3 is 0 Å². The molecule has 0 radical (unpaired) electrons. The predicted molar refractivity (Wildman–Crippen MR) is 69.7 cm³/mol. The fraction of sp³-hybridized carbons (Fsp3) is 0.929. The largest absolute Gasteiger partial charge is 0.356 e. The first kappa shape index (κ1) is 12.9. The lowest BCUT2D eigenvalue weighted by molar-refractivity contribution is -0.125. The van der Waals surface area contributed by atoms with E-state index >= 15 is 0 Å². The second kappa shape index (κ2) is 5.85. The standard InChI is InChI=1S/C14H26N2O/c1-10-3-5-12(6-4-10)9-16-14(17)13-7-8-15-11(13)2/h10-13,15H,3-9H2,1-2H3,(H,16,17). The van der Waals surface area contributed by atoms with Gasteiger partial charge in [-0.2, -0.15) is 0 Å². The summed E-state index contributed by atoms with van der Waals surface area (Å²) in [6.07, 6.45) is 6.25. The van der Waals surface area contributed by atoms with E-state index in [2.05, 4.69) is 24.5 Å². The lowest BCUT2D eigenvalue weighted by Gasteiger charge is -2.27. The van der Waals surface area contributed by atoms with Gasteiger partial charge in [-0.1, -0.05) is 19.8 Å². The molecule has 2 unspecified atom stereocenters. The van der Waals surface area contributed by atoms with Crippen LogP contribution >= 0.6 is 0 Å². The van der Waals surface area contributed by atoms with E-state index in [4.69, 9.17) is 0 Å². The monoisotopic (exact) mass is 238 g/mol. The summed E-state index contributed by atoms with van der Waals surface area (Å²) in [6, 6.07) is 0.348. The summed E-state index contributed by atoms with van der Waals surface area (Å²) in [4.78, 5) is 12.0. The Balaban J connectivity index is 1.69. The SMILES string of the molecule is CC1CCC(CNC(=O)C2CCNC2C)CC1. The van der Waals surface area contributed by atoms with Crippen LogP contribution in [-0.4, -0.2) is 25.0 Å². The third-order valence-electron chi connectivity index (χ3n) is 4.56. The molecule has 98 valence electrons. The Morgan fingerprint density at radius 1 is 1.18 bits per heavy atom. The van der Waals surface area contributed by atoms with Crippen LogP contribution in [0.5, 0.6) is 0 Å². The molecule has 1 aliphatic heterocycles. The molecule has 1 aliphatic carbocycles. The van der Waals surface area contributed by atoms with Gasteiger partial charge in [-0.15, -0.1) is 0 Å². The quantitative estimate of drug-likeness (QED) is 0.789. The number of nitrogens with one attached hydrogen (secondary N) is 2. The van der Waals surface area contributed by atoms with E-state index in [1.165, 1.54) is 25.7 Å². The van der Waals surface area contributed by atoms with Crippen molar-refractivity contribution in [2.24, 2.45) is 17.8 Å². The van der Waals surface area contributed by atoms with Crippen molar-refractivity contribution >= 4 is 5.91 Å². The van der Waals surface area contributed by atoms with Crippen molar-refractivity contribution in [3.63, 3.8) is 0 Å². The second-order valence-corrected chi connectivity index (χ2v) is 6.01. The molecule has 3 heteroatoms. The van der Waals surface area contributed by atoms with E-state index in [9.17, 15) is 4.79 Å². The summed E-state index contributed by atoms with van der Waals surface area (Å²) in [6.45, 7) is 6.33. The number of hydrogen-bond donors (Lipinski definition) is 2. The van der Waals surface area contributed by atoms with Gasteiger partial charge in [-0.3, -0.25) is 4.79 Å². The Hall–Kier alpha value is -0.570. The van der Waals surface area contributed by atoms with E-state index in [1.54, 1.807) is 0 Å². The van der Waals surface area contributed by atoms with Crippen LogP contribution in [0.15, 0.2) is 0 Å². The lowest BCUT2D eigenvalue weighted by Crippen LogP contribution is -2.39. The first-order chi connectivity index (χ1) is 8.16. The highest BCUT2D eigenvalue weighted by atomic mass is 16.1. The van der Waals surface area contributed by atoms with Crippen molar-refractivity contribution in [1.29, 1.82) is 0 Å². The molecule has 3 nitrogen and oxygen atoms in total. The van der Waals surface area contributed by atoms with Gasteiger partial charge in [0.15, 0.2) is 0 Å². The summed E-state index contributed by atoms with van der Waals surface area (Å²) in [5.74, 6) is 2.07. The van der Waals surface area contributed by atoms with Crippen LogP contribution in [0, 0.1) is 17.8 Å². The van der Waals surface area contributed by atoms with Crippen molar-refractivity contribution in [3.05, 3.63) is 0 Å². The molecule has 2 aliphatic rings. The highest BCUT2D eigenvalue weighted by molar-refractivity contribution is 5.79. The zero-order valence-corrected chi connectivity index (χ0v) is 11.2. The Morgan fingerprint density at radius 3 is 2.47 bits per heavy atom. The second-order valence-electron chi connectivity index (χ2n) is 6.01. The molecule has 1 saturated carbocycles. The summed E-state index contributed by atoms with van der Waals surface area (Å²) in [5.41, 5.74) is 0. The van der Waals surface area contributed by atoms with E-state index < -0.39 is 0 Å². The minimum absolute atomic E-state index is 0.192. The number of amides is 1. The molecular weight excluding hydrogens is 212 g/mol. The van der Waals surface area contributed by atoms with Crippen LogP contribution in [0.25, 0.3) is 0 Å². The summed E-state index contributed by atoms with van der Waals surface area (Å²) in [5, 5.41) is 6.49. The molecule has 1 heterocycles. The van der Waals surface area contributed by atoms with Crippen molar-refractivity contribution in [2.75, 3.05) is 13.1 Å². The molecule has 1 amide bonds. The molecular formula is C14H26N2O. The van der Waals surface area contributed by atoms with Crippen molar-refractivity contribution < 1.29 is 4.79 Å². The van der Waals surface area contributed by atoms with Gasteiger partial charge < -0.3 is 10.6 Å². The highest BCUT2D eigenvalue weighted by Gasteiger charge is 2.29. The fourth-order valence-corrected chi connectivity index (χ4v) is 3.13. The smallest absolute Gasteiger partial charge is 0.224 e. The number of hydrogen-bond acceptors (Lipinski definition) is 2. The molecule has 0 spiro atoms. The molecule has 1 saturated heterocycles. The van der Waals surface area contributed by atoms with Crippen LogP contribution in [0.4, 0.5) is 0 Å². The molecule has 2 fully saturated rings. The third kappa shape index (κ3) is 3.44. The van der Waals surface area contributed by atoms with Crippen LogP contribution < -0.4 is 10.6 Å². The number of rotatable bonds is 3. The average molecular weight is 238 g/mol. The normalized spacial score (nSPS) is 38.0. The predicted octanol–water partition coefficient (Wildman–Crippen LogP) is 1.93. The van der Waals surface area contributed by atoms with Crippen LogP contribution in [0.1, 0.15) is 46.0 Å². The highest BCUT2D eigenvalue weighted by Crippen LogP contribution is 2.27. The van der Waals surface area contributed by atoms with Gasteiger partial charge in [0.1, 0.15) is 0 Å². The fourth-order valence-electron chi connectivity index (χ4n) is 3.13. The van der Waals surface area contributed by atoms with Gasteiger partial charge in [-0.05, 0) is 44.6 Å². The molecule has 0 aromatic heterocycles. The van der Waals surface area contributed by atoms with E-state index in [-0.39, 0.29) is 11.8 Å². The van der Waals surface area contributed by atoms with Crippen LogP contribution in [0.2, 0.25) is 0 Å². The molecule has 2 rings (SSSR count). The Kier molecular flexibility index (Phi) is 4.43. The van der Waals surface area contributed by atoms with E-state index in [1.807, 2.05) is 0 Å². The van der Waals surface area contributed by atoms with Crippen molar-refractivity contribution in [2.45, 2.75) is 52.0 Å². The van der Waals surface area contributed by atoms with E-state index in [0.29, 0.717) is 6.04 Å². The molecule has 2 N–H and O–H groups in total. The topological polar surface area (TPSA) is 41.1 Å². The van der Waals surface area contributed by atoms with E-state index in [0.717, 1.165) is 31.3 Å². The molecule has 0 aromatic carbocycles. The van der Waals surface area contributed by atoms with Crippen molar-refractivity contribution in [1.82, 2.24) is 10.6 Å². The summed E-state index contributed by atoms with van der Waals surface area (Å²) < 4.78 is 0. The van der Waals surface area contributed by atoms with Gasteiger partial charge in [0.05, 0.1) is 5.92 Å². The first-order valence-corrected chi connectivity index (χ1v) is 7.18. The third-order valence-corrected chi connectivity index (χ3v) is 4.56. The Morgan fingerprint density at radius 2 is 1.88 bits per heavy atom. The molecule has 17 heavy (non-hydrogen) atoms. The van der Waals surface area contributed by atoms with Gasteiger partial charge in [0.25, 0.3) is 0 Å². The molecule has 0 bridgehead atoms. The minimum atomic E-state index is 0.192. The van der Waals surface area contributed by atoms with Crippen molar-refractivity contribution in [3.8, 4) is 0 Å². The van der Waals surface area contributed by atoms with Crippen LogP contribution in [-0.2, 0) is 4.79 Å². The zero-order chi connectivity index (χ0) is 12.3. The van der Waals surface area contributed by atoms with Crippen LogP contribution in [0.3, 0.4) is 0 Å². The maximum Gasteiger partial charge on any atom is 0.224 e. The number of carbonyl (C=O) groups is 1. The first-order valence-electron chi connectivity index (χ1n) is 7.18. The maximum absolute atomic E-state index is 12.0. The van der Waals surface area contributed by atoms with Gasteiger partial charge in [-0.25, -0.2) is 0 Å². The maximum atomic E-state index is 12.0. The number of carbonyl (C=O) groups excluding carboxylic acids is 1. The summed E-state index contributed by atoms with van der Waals surface area (Å²) >= 11 is 0.